The van der Waals surface area contributed by atoms with Crippen molar-refractivity contribution in [3.05, 3.63) is 30.0 Å². The van der Waals surface area contributed by atoms with Crippen molar-refractivity contribution in [3.63, 3.8) is 0 Å². The fraction of sp³-hybridized carbons (Fsp3) is 0.778. The lowest BCUT2D eigenvalue weighted by atomic mass is 9.88. The van der Waals surface area contributed by atoms with Gasteiger partial charge in [-0.1, -0.05) is 52.2 Å². The first-order valence-electron chi connectivity index (χ1n) is 12.8. The highest BCUT2D eigenvalue weighted by atomic mass is 16.5. The topological polar surface area (TPSA) is 90.2 Å². The van der Waals surface area contributed by atoms with Crippen LogP contribution in [0.15, 0.2) is 30.0 Å². The van der Waals surface area contributed by atoms with E-state index >= 15 is 0 Å². The molecule has 1 fully saturated rings. The molecule has 0 aromatic carbocycles. The van der Waals surface area contributed by atoms with Gasteiger partial charge in [0.2, 0.25) is 0 Å². The van der Waals surface area contributed by atoms with Crippen LogP contribution in [-0.4, -0.2) is 70.2 Å². The highest BCUT2D eigenvalue weighted by Crippen LogP contribution is 2.36. The summed E-state index contributed by atoms with van der Waals surface area (Å²) in [5, 5.41) is 31.3. The quantitative estimate of drug-likeness (QED) is 0.138. The molecule has 0 aromatic heterocycles. The van der Waals surface area contributed by atoms with Gasteiger partial charge in [0.1, 0.15) is 6.61 Å². The van der Waals surface area contributed by atoms with Crippen molar-refractivity contribution in [2.75, 3.05) is 26.2 Å². The number of unbranched alkanes of at least 4 members (excludes halogenated alkanes) is 2. The molecule has 0 heterocycles. The first-order valence-corrected chi connectivity index (χ1v) is 12.8. The van der Waals surface area contributed by atoms with Crippen molar-refractivity contribution in [1.29, 1.82) is 0 Å². The summed E-state index contributed by atoms with van der Waals surface area (Å²) >= 11 is 0. The number of aliphatic hydroxyl groups excluding tert-OH is 2. The molecule has 6 nitrogen and oxygen atoms in total. The molecule has 0 spiro atoms. The third kappa shape index (κ3) is 12.0. The second-order valence-electron chi connectivity index (χ2n) is 9.38. The van der Waals surface area contributed by atoms with Crippen LogP contribution in [0.2, 0.25) is 0 Å². The molecular weight excluding hydrogens is 418 g/mol. The maximum atomic E-state index is 11.8. The van der Waals surface area contributed by atoms with E-state index in [4.69, 9.17) is 4.74 Å². The summed E-state index contributed by atoms with van der Waals surface area (Å²) in [4.78, 5) is 14.0. The number of aliphatic hydroxyl groups is 3. The Labute approximate surface area is 201 Å². The smallest absolute Gasteiger partial charge is 0.306 e. The lowest BCUT2D eigenvalue weighted by molar-refractivity contribution is -0.143. The number of nitrogens with zero attached hydrogens (tertiary/aromatic N) is 1. The Balaban J connectivity index is 2.47. The zero-order valence-electron chi connectivity index (χ0n) is 21.2. The standard InChI is InChI=1S/C27H47NO5/c1-5-8-13-17-27(4,32)18-16-23-22(24(29)21-25(23)30)14-11-9-10-12-15-26(31)33-20-19-28(6-2)7-3/h10-11,16,18,22-25,29-30,32H,5-8,12-15,17,19-21H2,1-4H3/t9?,22-,23-,24?,25?,27?/m1/s1. The number of allylic oxidation sites excluding steroid dienone is 1. The van der Waals surface area contributed by atoms with Crippen LogP contribution in [0.3, 0.4) is 0 Å². The first-order chi connectivity index (χ1) is 15.7. The molecule has 0 aromatic rings. The molecule has 1 aliphatic rings. The van der Waals surface area contributed by atoms with Gasteiger partial charge in [0, 0.05) is 25.3 Å². The molecule has 0 saturated heterocycles. The Morgan fingerprint density at radius 1 is 1.15 bits per heavy atom. The number of hydrogen-bond acceptors (Lipinski definition) is 6. The van der Waals surface area contributed by atoms with E-state index in [1.807, 2.05) is 18.2 Å². The minimum absolute atomic E-state index is 0.117. The minimum Gasteiger partial charge on any atom is -0.464 e. The van der Waals surface area contributed by atoms with E-state index in [9.17, 15) is 20.1 Å². The molecular formula is C27H47NO5. The van der Waals surface area contributed by atoms with Gasteiger partial charge in [-0.25, -0.2) is 0 Å². The summed E-state index contributed by atoms with van der Waals surface area (Å²) in [5.74, 6) is -0.518. The molecule has 5 atom stereocenters. The highest BCUT2D eigenvalue weighted by Gasteiger charge is 2.39. The van der Waals surface area contributed by atoms with Gasteiger partial charge in [-0.3, -0.25) is 4.79 Å². The summed E-state index contributed by atoms with van der Waals surface area (Å²) in [7, 11) is 0. The number of carbonyl (C=O) groups is 1. The van der Waals surface area contributed by atoms with Gasteiger partial charge in [0.15, 0.2) is 0 Å². The maximum absolute atomic E-state index is 11.8. The second-order valence-corrected chi connectivity index (χ2v) is 9.38. The molecule has 1 aliphatic carbocycles. The van der Waals surface area contributed by atoms with Crippen LogP contribution in [0.1, 0.15) is 79.1 Å². The second kappa shape index (κ2) is 16.2. The fourth-order valence-electron chi connectivity index (χ4n) is 4.30. The SMILES string of the molecule is CCCCCC(C)(O)C=C[C@H]1C(O)CC(O)[C@@H]1CC=C=CCCC(=O)OCCN(CC)CC. The molecule has 0 amide bonds. The third-order valence-electron chi connectivity index (χ3n) is 6.56. The van der Waals surface area contributed by atoms with Crippen LogP contribution in [0.25, 0.3) is 0 Å². The lowest BCUT2D eigenvalue weighted by Gasteiger charge is -2.23. The Morgan fingerprint density at radius 2 is 1.88 bits per heavy atom. The number of ether oxygens (including phenoxy) is 1. The Bertz CT molecular complexity index is 634. The van der Waals surface area contributed by atoms with Gasteiger partial charge in [-0.2, -0.15) is 0 Å². The molecule has 3 N–H and O–H groups in total. The first kappa shape index (κ1) is 29.6. The van der Waals surface area contributed by atoms with Crippen LogP contribution in [0, 0.1) is 11.8 Å². The molecule has 1 saturated carbocycles. The van der Waals surface area contributed by atoms with Gasteiger partial charge >= 0.3 is 5.97 Å². The molecule has 1 rings (SSSR count). The number of rotatable bonds is 16. The van der Waals surface area contributed by atoms with Crippen molar-refractivity contribution >= 4 is 5.97 Å². The van der Waals surface area contributed by atoms with E-state index in [0.29, 0.717) is 38.7 Å². The zero-order valence-corrected chi connectivity index (χ0v) is 21.2. The number of likely N-dealkylation sites (N-methyl/N-ethyl adjacent to an activating group) is 1. The molecule has 0 aliphatic heterocycles. The van der Waals surface area contributed by atoms with Crippen LogP contribution in [-0.2, 0) is 9.53 Å². The molecule has 6 heteroatoms. The summed E-state index contributed by atoms with van der Waals surface area (Å²) in [6.45, 7) is 11.2. The van der Waals surface area contributed by atoms with Gasteiger partial charge < -0.3 is 25.0 Å². The van der Waals surface area contributed by atoms with Gasteiger partial charge in [0.05, 0.1) is 17.8 Å². The predicted octanol–water partition coefficient (Wildman–Crippen LogP) is 4.00. The molecule has 33 heavy (non-hydrogen) atoms. The minimum atomic E-state index is -0.900. The summed E-state index contributed by atoms with van der Waals surface area (Å²) < 4.78 is 5.26. The number of hydrogen-bond donors (Lipinski definition) is 3. The average Bonchev–Trinajstić information content (AvgIpc) is 3.04. The Morgan fingerprint density at radius 3 is 2.55 bits per heavy atom. The largest absolute Gasteiger partial charge is 0.464 e. The number of esters is 1. The molecule has 190 valence electrons. The van der Waals surface area contributed by atoms with Crippen molar-refractivity contribution in [2.24, 2.45) is 11.8 Å². The van der Waals surface area contributed by atoms with E-state index < -0.39 is 17.8 Å². The van der Waals surface area contributed by atoms with Crippen molar-refractivity contribution < 1.29 is 24.9 Å². The summed E-state index contributed by atoms with van der Waals surface area (Å²) in [6, 6.07) is 0. The summed E-state index contributed by atoms with van der Waals surface area (Å²) in [6.07, 6.45) is 11.8. The number of carbonyl (C=O) groups excluding carboxylic acids is 1. The van der Waals surface area contributed by atoms with E-state index in [1.54, 1.807) is 13.0 Å². The molecule has 0 radical (unpaired) electrons. The zero-order chi connectivity index (χ0) is 24.7. The molecule has 0 bridgehead atoms. The molecule has 3 unspecified atom stereocenters. The highest BCUT2D eigenvalue weighted by molar-refractivity contribution is 5.69. The van der Waals surface area contributed by atoms with Gasteiger partial charge in [-0.05, 0) is 57.3 Å². The van der Waals surface area contributed by atoms with Crippen LogP contribution in [0.5, 0.6) is 0 Å². The van der Waals surface area contributed by atoms with Crippen LogP contribution in [0.4, 0.5) is 0 Å². The van der Waals surface area contributed by atoms with Gasteiger partial charge in [0.25, 0.3) is 0 Å². The fourth-order valence-corrected chi connectivity index (χ4v) is 4.30. The van der Waals surface area contributed by atoms with Crippen molar-refractivity contribution in [1.82, 2.24) is 4.90 Å². The van der Waals surface area contributed by atoms with E-state index in [0.717, 1.165) is 38.9 Å². The van der Waals surface area contributed by atoms with E-state index in [2.05, 4.69) is 31.4 Å². The van der Waals surface area contributed by atoms with Crippen molar-refractivity contribution in [2.45, 2.75) is 96.9 Å². The van der Waals surface area contributed by atoms with Crippen LogP contribution < -0.4 is 0 Å². The maximum Gasteiger partial charge on any atom is 0.306 e. The normalized spacial score (nSPS) is 24.6. The van der Waals surface area contributed by atoms with Crippen LogP contribution >= 0.6 is 0 Å². The van der Waals surface area contributed by atoms with E-state index in [1.165, 1.54) is 0 Å². The Kier molecular flexibility index (Phi) is 14.6. The van der Waals surface area contributed by atoms with E-state index in [-0.39, 0.29) is 17.8 Å². The average molecular weight is 466 g/mol. The Hall–Kier alpha value is -1.43. The summed E-state index contributed by atoms with van der Waals surface area (Å²) in [5.41, 5.74) is 2.19. The van der Waals surface area contributed by atoms with Gasteiger partial charge in [-0.15, -0.1) is 5.73 Å². The monoisotopic (exact) mass is 465 g/mol. The third-order valence-corrected chi connectivity index (χ3v) is 6.56. The van der Waals surface area contributed by atoms with Crippen molar-refractivity contribution in [3.8, 4) is 0 Å². The lowest BCUT2D eigenvalue weighted by Crippen LogP contribution is -2.27. The predicted molar refractivity (Wildman–Crippen MR) is 133 cm³/mol.